The highest BCUT2D eigenvalue weighted by atomic mass is 35.5. The van der Waals surface area contributed by atoms with Crippen LogP contribution in [0.4, 0.5) is 0 Å². The van der Waals surface area contributed by atoms with E-state index in [1.54, 1.807) is 67.3 Å². The monoisotopic (exact) mass is 405 g/mol. The van der Waals surface area contributed by atoms with Gasteiger partial charge in [0.15, 0.2) is 0 Å². The van der Waals surface area contributed by atoms with Crippen molar-refractivity contribution >= 4 is 29.1 Å². The van der Waals surface area contributed by atoms with Crippen molar-refractivity contribution in [2.24, 2.45) is 0 Å². The van der Waals surface area contributed by atoms with Gasteiger partial charge < -0.3 is 10.0 Å². The second-order valence-corrected chi connectivity index (χ2v) is 7.02. The van der Waals surface area contributed by atoms with Gasteiger partial charge in [-0.1, -0.05) is 23.7 Å². The Bertz CT molecular complexity index is 1080. The molecule has 0 radical (unpaired) electrons. The van der Waals surface area contributed by atoms with Crippen LogP contribution in [-0.4, -0.2) is 31.7 Å². The molecule has 29 heavy (non-hydrogen) atoms. The summed E-state index contributed by atoms with van der Waals surface area (Å²) in [6, 6.07) is 12.8. The van der Waals surface area contributed by atoms with Gasteiger partial charge in [0, 0.05) is 41.9 Å². The number of pyridine rings is 2. The molecule has 1 aliphatic rings. The van der Waals surface area contributed by atoms with Gasteiger partial charge in [0.25, 0.3) is 11.7 Å². The average molecular weight is 406 g/mol. The summed E-state index contributed by atoms with van der Waals surface area (Å²) in [6.07, 6.45) is 6.47. The molecule has 4 rings (SSSR count). The third-order valence-electron chi connectivity index (χ3n) is 4.73. The van der Waals surface area contributed by atoms with Crippen LogP contribution in [-0.2, 0) is 16.1 Å². The first-order chi connectivity index (χ1) is 14.1. The molecule has 6 nitrogen and oxygen atoms in total. The van der Waals surface area contributed by atoms with Crippen molar-refractivity contribution in [3.05, 3.63) is 101 Å². The quantitative estimate of drug-likeness (QED) is 0.406. The number of likely N-dealkylation sites (tertiary alicyclic amines) is 1. The standard InChI is InChI=1S/C22H16ClN3O3/c23-17-7-5-15(6-8-17)20(27)18-19(16-4-2-10-25-12-16)26(22(29)21(18)28)13-14-3-1-9-24-11-14/h1-12,19,27H,13H2. The number of amides is 1. The van der Waals surface area contributed by atoms with Crippen LogP contribution >= 0.6 is 11.6 Å². The van der Waals surface area contributed by atoms with Crippen LogP contribution < -0.4 is 0 Å². The minimum atomic E-state index is -0.764. The number of aliphatic hydroxyl groups is 1. The molecule has 1 fully saturated rings. The molecule has 0 bridgehead atoms. The molecule has 0 aliphatic carbocycles. The van der Waals surface area contributed by atoms with E-state index in [2.05, 4.69) is 9.97 Å². The van der Waals surface area contributed by atoms with E-state index < -0.39 is 17.7 Å². The summed E-state index contributed by atoms with van der Waals surface area (Å²) in [6.45, 7) is 0.176. The van der Waals surface area contributed by atoms with Gasteiger partial charge in [-0.15, -0.1) is 0 Å². The Balaban J connectivity index is 1.85. The van der Waals surface area contributed by atoms with Crippen LogP contribution in [0.15, 0.2) is 78.9 Å². The molecule has 7 heteroatoms. The van der Waals surface area contributed by atoms with Gasteiger partial charge >= 0.3 is 0 Å². The smallest absolute Gasteiger partial charge is 0.295 e. The molecule has 0 saturated carbocycles. The van der Waals surface area contributed by atoms with Gasteiger partial charge in [-0.05, 0) is 47.5 Å². The number of rotatable bonds is 4. The van der Waals surface area contributed by atoms with Crippen molar-refractivity contribution in [2.75, 3.05) is 0 Å². The first kappa shape index (κ1) is 18.8. The Morgan fingerprint density at radius 1 is 1.00 bits per heavy atom. The van der Waals surface area contributed by atoms with E-state index in [0.29, 0.717) is 16.1 Å². The zero-order valence-corrected chi connectivity index (χ0v) is 16.0. The lowest BCUT2D eigenvalue weighted by Crippen LogP contribution is -2.29. The number of ketones is 1. The third-order valence-corrected chi connectivity index (χ3v) is 4.99. The second-order valence-electron chi connectivity index (χ2n) is 6.58. The Labute approximate surface area is 172 Å². The van der Waals surface area contributed by atoms with Crippen molar-refractivity contribution in [1.29, 1.82) is 0 Å². The summed E-state index contributed by atoms with van der Waals surface area (Å²) in [5.41, 5.74) is 1.83. The molecule has 0 spiro atoms. The topological polar surface area (TPSA) is 83.4 Å². The largest absolute Gasteiger partial charge is 0.507 e. The number of hydrogen-bond acceptors (Lipinski definition) is 5. The SMILES string of the molecule is O=C1C(=O)N(Cc2cccnc2)C(c2cccnc2)C1=C(O)c1ccc(Cl)cc1. The zero-order valence-electron chi connectivity index (χ0n) is 15.2. The molecule has 1 atom stereocenters. The third kappa shape index (κ3) is 3.62. The lowest BCUT2D eigenvalue weighted by Gasteiger charge is -2.25. The molecular formula is C22H16ClN3O3. The highest BCUT2D eigenvalue weighted by molar-refractivity contribution is 6.46. The van der Waals surface area contributed by atoms with Crippen LogP contribution in [0.3, 0.4) is 0 Å². The van der Waals surface area contributed by atoms with E-state index >= 15 is 0 Å². The first-order valence-electron chi connectivity index (χ1n) is 8.89. The number of Topliss-reactive ketones (excluding diaryl/α,β-unsaturated/α-hetero) is 1. The molecular weight excluding hydrogens is 390 g/mol. The van der Waals surface area contributed by atoms with Crippen LogP contribution in [0.5, 0.6) is 0 Å². The summed E-state index contributed by atoms with van der Waals surface area (Å²) < 4.78 is 0. The maximum absolute atomic E-state index is 12.9. The number of hydrogen-bond donors (Lipinski definition) is 1. The van der Waals surface area contributed by atoms with Gasteiger partial charge in [0.2, 0.25) is 0 Å². The van der Waals surface area contributed by atoms with Crippen molar-refractivity contribution in [2.45, 2.75) is 12.6 Å². The number of aliphatic hydroxyl groups excluding tert-OH is 1. The number of aromatic nitrogens is 2. The molecule has 1 unspecified atom stereocenters. The molecule has 2 aromatic heterocycles. The molecule has 3 aromatic rings. The van der Waals surface area contributed by atoms with Crippen molar-refractivity contribution in [3.8, 4) is 0 Å². The van der Waals surface area contributed by atoms with Gasteiger partial charge in [-0.25, -0.2) is 0 Å². The Kier molecular flexibility index (Phi) is 5.10. The molecule has 1 N–H and O–H groups in total. The maximum atomic E-state index is 12.9. The van der Waals surface area contributed by atoms with E-state index in [-0.39, 0.29) is 17.9 Å². The van der Waals surface area contributed by atoms with Crippen LogP contribution in [0.25, 0.3) is 5.76 Å². The van der Waals surface area contributed by atoms with Gasteiger partial charge in [0.1, 0.15) is 5.76 Å². The fourth-order valence-electron chi connectivity index (χ4n) is 3.38. The normalized spacial score (nSPS) is 18.2. The van der Waals surface area contributed by atoms with E-state index in [1.807, 2.05) is 6.07 Å². The van der Waals surface area contributed by atoms with E-state index in [1.165, 1.54) is 4.90 Å². The molecule has 1 aromatic carbocycles. The van der Waals surface area contributed by atoms with Crippen molar-refractivity contribution < 1.29 is 14.7 Å². The maximum Gasteiger partial charge on any atom is 0.295 e. The van der Waals surface area contributed by atoms with E-state index in [9.17, 15) is 14.7 Å². The highest BCUT2D eigenvalue weighted by Crippen LogP contribution is 2.40. The highest BCUT2D eigenvalue weighted by Gasteiger charge is 2.46. The molecule has 1 aliphatic heterocycles. The molecule has 3 heterocycles. The lowest BCUT2D eigenvalue weighted by molar-refractivity contribution is -0.140. The fraction of sp³-hybridized carbons (Fsp3) is 0.0909. The number of benzene rings is 1. The lowest BCUT2D eigenvalue weighted by atomic mass is 9.96. The fourth-order valence-corrected chi connectivity index (χ4v) is 3.50. The summed E-state index contributed by atoms with van der Waals surface area (Å²) in [4.78, 5) is 35.4. The van der Waals surface area contributed by atoms with Gasteiger partial charge in [0.05, 0.1) is 11.6 Å². The number of nitrogens with zero attached hydrogens (tertiary/aromatic N) is 3. The van der Waals surface area contributed by atoms with Crippen LogP contribution in [0.2, 0.25) is 5.02 Å². The molecule has 1 amide bonds. The van der Waals surface area contributed by atoms with Crippen molar-refractivity contribution in [3.63, 3.8) is 0 Å². The Morgan fingerprint density at radius 3 is 2.31 bits per heavy atom. The number of carbonyl (C=O) groups is 2. The average Bonchev–Trinajstić information content (AvgIpc) is 3.00. The first-order valence-corrected chi connectivity index (χ1v) is 9.27. The minimum absolute atomic E-state index is 0.0224. The minimum Gasteiger partial charge on any atom is -0.507 e. The van der Waals surface area contributed by atoms with Crippen molar-refractivity contribution in [1.82, 2.24) is 14.9 Å². The summed E-state index contributed by atoms with van der Waals surface area (Å²) >= 11 is 5.92. The predicted octanol–water partition coefficient (Wildman–Crippen LogP) is 3.75. The summed E-state index contributed by atoms with van der Waals surface area (Å²) in [7, 11) is 0. The molecule has 144 valence electrons. The Hall–Kier alpha value is -3.51. The van der Waals surface area contributed by atoms with Crippen LogP contribution in [0.1, 0.15) is 22.7 Å². The predicted molar refractivity (Wildman–Crippen MR) is 108 cm³/mol. The van der Waals surface area contributed by atoms with Crippen LogP contribution in [0, 0.1) is 0 Å². The molecule has 1 saturated heterocycles. The van der Waals surface area contributed by atoms with Gasteiger partial charge in [-0.2, -0.15) is 0 Å². The van der Waals surface area contributed by atoms with E-state index in [0.717, 1.165) is 5.56 Å². The number of halogens is 1. The van der Waals surface area contributed by atoms with Gasteiger partial charge in [-0.3, -0.25) is 19.6 Å². The Morgan fingerprint density at radius 2 is 1.69 bits per heavy atom. The second kappa shape index (κ2) is 7.85. The summed E-state index contributed by atoms with van der Waals surface area (Å²) in [5.74, 6) is -1.67. The zero-order chi connectivity index (χ0) is 20.4. The summed E-state index contributed by atoms with van der Waals surface area (Å²) in [5, 5.41) is 11.4. The van der Waals surface area contributed by atoms with E-state index in [4.69, 9.17) is 11.6 Å². The number of carbonyl (C=O) groups excluding carboxylic acids is 2.